The molecule has 3 N–H and O–H groups in total. The van der Waals surface area contributed by atoms with Crippen molar-refractivity contribution in [3.63, 3.8) is 0 Å². The van der Waals surface area contributed by atoms with E-state index in [9.17, 15) is 5.11 Å². The van der Waals surface area contributed by atoms with Crippen molar-refractivity contribution < 1.29 is 9.52 Å². The molecule has 2 atom stereocenters. The summed E-state index contributed by atoms with van der Waals surface area (Å²) >= 11 is 0. The highest BCUT2D eigenvalue weighted by atomic mass is 127. The Morgan fingerprint density at radius 1 is 1.54 bits per heavy atom. The van der Waals surface area contributed by atoms with Crippen LogP contribution in [0.2, 0.25) is 0 Å². The molecule has 0 aliphatic carbocycles. The van der Waals surface area contributed by atoms with Crippen LogP contribution >= 0.6 is 24.0 Å². The van der Waals surface area contributed by atoms with Gasteiger partial charge in [-0.3, -0.25) is 4.99 Å². The Morgan fingerprint density at radius 3 is 3.00 bits per heavy atom. The Labute approximate surface area is 170 Å². The smallest absolute Gasteiger partial charge is 0.191 e. The summed E-state index contributed by atoms with van der Waals surface area (Å²) in [7, 11) is 1.72. The van der Waals surface area contributed by atoms with Crippen molar-refractivity contribution >= 4 is 29.9 Å². The van der Waals surface area contributed by atoms with Gasteiger partial charge in [-0.1, -0.05) is 6.92 Å². The quantitative estimate of drug-likeness (QED) is 0.345. The van der Waals surface area contributed by atoms with Crippen LogP contribution in [-0.2, 0) is 25.0 Å². The van der Waals surface area contributed by atoms with E-state index in [0.29, 0.717) is 18.3 Å². The second-order valence-electron chi connectivity index (χ2n) is 6.54. The molecule has 0 saturated heterocycles. The lowest BCUT2D eigenvalue weighted by Gasteiger charge is -2.27. The Bertz CT molecular complexity index is 726. The Morgan fingerprint density at radius 2 is 2.35 bits per heavy atom. The van der Waals surface area contributed by atoms with E-state index in [0.717, 1.165) is 37.5 Å². The van der Waals surface area contributed by atoms with Crippen LogP contribution in [0.1, 0.15) is 37.7 Å². The normalized spacial score (nSPS) is 19.2. The van der Waals surface area contributed by atoms with Crippen LogP contribution in [-0.4, -0.2) is 45.5 Å². The van der Waals surface area contributed by atoms with Gasteiger partial charge in [0.05, 0.1) is 19.4 Å². The van der Waals surface area contributed by atoms with Gasteiger partial charge in [0.2, 0.25) is 0 Å². The van der Waals surface area contributed by atoms with Gasteiger partial charge < -0.3 is 20.2 Å². The highest BCUT2D eigenvalue weighted by Gasteiger charge is 2.27. The Kier molecular flexibility index (Phi) is 7.04. The van der Waals surface area contributed by atoms with Gasteiger partial charge in [0, 0.05) is 25.9 Å². The van der Waals surface area contributed by atoms with Crippen molar-refractivity contribution in [2.24, 2.45) is 4.99 Å². The minimum absolute atomic E-state index is 0. The fourth-order valence-electron chi connectivity index (χ4n) is 2.94. The van der Waals surface area contributed by atoms with Crippen LogP contribution in [0.4, 0.5) is 0 Å². The number of fused-ring (bicyclic) bond motifs is 1. The number of hydrogen-bond acceptors (Lipinski definition) is 5. The third kappa shape index (κ3) is 4.76. The first kappa shape index (κ1) is 20.7. The second kappa shape index (κ2) is 8.85. The van der Waals surface area contributed by atoms with Gasteiger partial charge in [-0.2, -0.15) is 5.10 Å². The predicted molar refractivity (Wildman–Crippen MR) is 110 cm³/mol. The zero-order chi connectivity index (χ0) is 17.9. The summed E-state index contributed by atoms with van der Waals surface area (Å²) in [4.78, 5) is 8.79. The molecule has 0 bridgehead atoms. The summed E-state index contributed by atoms with van der Waals surface area (Å²) in [6.07, 6.45) is 4.27. The van der Waals surface area contributed by atoms with Crippen molar-refractivity contribution in [2.75, 3.05) is 13.6 Å². The number of halogens is 1. The Balaban J connectivity index is 0.00000243. The van der Waals surface area contributed by atoms with Crippen LogP contribution in [0.3, 0.4) is 0 Å². The summed E-state index contributed by atoms with van der Waals surface area (Å²) in [6, 6.07) is 3.74. The molecule has 3 rings (SSSR count). The van der Waals surface area contributed by atoms with Crippen molar-refractivity contribution in [2.45, 2.75) is 51.3 Å². The lowest BCUT2D eigenvalue weighted by Crippen LogP contribution is -2.50. The molecule has 0 amide bonds. The van der Waals surface area contributed by atoms with E-state index in [1.807, 2.05) is 4.68 Å². The van der Waals surface area contributed by atoms with Gasteiger partial charge in [0.1, 0.15) is 17.2 Å². The van der Waals surface area contributed by atoms with E-state index in [4.69, 9.17) is 4.42 Å². The molecule has 0 saturated carbocycles. The van der Waals surface area contributed by atoms with Crippen molar-refractivity contribution in [3.8, 4) is 0 Å². The number of rotatable bonds is 5. The van der Waals surface area contributed by atoms with Gasteiger partial charge in [0.25, 0.3) is 0 Å². The van der Waals surface area contributed by atoms with Crippen molar-refractivity contribution in [1.82, 2.24) is 25.4 Å². The number of guanidine groups is 1. The lowest BCUT2D eigenvalue weighted by atomic mass is 10.0. The first-order valence-electron chi connectivity index (χ1n) is 8.68. The molecule has 1 aliphatic rings. The van der Waals surface area contributed by atoms with Gasteiger partial charge >= 0.3 is 0 Å². The zero-order valence-electron chi connectivity index (χ0n) is 15.4. The van der Waals surface area contributed by atoms with Crippen LogP contribution in [0.25, 0.3) is 0 Å². The summed E-state index contributed by atoms with van der Waals surface area (Å²) in [6.45, 7) is 4.83. The molecule has 9 heteroatoms. The van der Waals surface area contributed by atoms with Gasteiger partial charge in [-0.25, -0.2) is 9.67 Å². The van der Waals surface area contributed by atoms with E-state index in [1.165, 1.54) is 0 Å². The van der Waals surface area contributed by atoms with Crippen molar-refractivity contribution in [3.05, 3.63) is 35.8 Å². The molecule has 0 aromatic carbocycles. The van der Waals surface area contributed by atoms with Crippen LogP contribution in [0.5, 0.6) is 0 Å². The molecule has 0 spiro atoms. The van der Waals surface area contributed by atoms with E-state index < -0.39 is 5.60 Å². The fourth-order valence-corrected chi connectivity index (χ4v) is 2.94. The van der Waals surface area contributed by atoms with Crippen LogP contribution < -0.4 is 10.6 Å². The first-order chi connectivity index (χ1) is 12.0. The average Bonchev–Trinajstić information content (AvgIpc) is 3.27. The average molecular weight is 474 g/mol. The number of aromatic nitrogens is 3. The maximum absolute atomic E-state index is 10.5. The van der Waals surface area contributed by atoms with E-state index >= 15 is 0 Å². The summed E-state index contributed by atoms with van der Waals surface area (Å²) in [5, 5.41) is 21.6. The highest BCUT2D eigenvalue weighted by Crippen LogP contribution is 2.19. The lowest BCUT2D eigenvalue weighted by molar-refractivity contribution is 0.0385. The van der Waals surface area contributed by atoms with Gasteiger partial charge in [-0.15, -0.1) is 24.0 Å². The molecular formula is C17H27IN6O2. The summed E-state index contributed by atoms with van der Waals surface area (Å²) in [5.74, 6) is 3.12. The first-order valence-corrected chi connectivity index (χ1v) is 8.68. The van der Waals surface area contributed by atoms with E-state index in [1.54, 1.807) is 32.4 Å². The topological polar surface area (TPSA) is 100 Å². The number of nitrogens with zero attached hydrogens (tertiary/aromatic N) is 4. The standard InChI is InChI=1S/C17H26N6O2.HI/c1-4-14-21-15-8-7-12(10-23(15)22-14)20-16(18-3)19-11-17(2,24)13-6-5-9-25-13;/h5-6,9,12,24H,4,7-8,10-11H2,1-3H3,(H2,18,19,20);1H. The maximum atomic E-state index is 10.5. The van der Waals surface area contributed by atoms with E-state index in [2.05, 4.69) is 32.6 Å². The minimum Gasteiger partial charge on any atom is -0.466 e. The largest absolute Gasteiger partial charge is 0.466 e. The zero-order valence-corrected chi connectivity index (χ0v) is 17.7. The number of aliphatic hydroxyl groups is 1. The molecule has 2 aromatic rings. The van der Waals surface area contributed by atoms with E-state index in [-0.39, 0.29) is 30.0 Å². The number of hydrogen-bond donors (Lipinski definition) is 3. The molecule has 144 valence electrons. The highest BCUT2D eigenvalue weighted by molar-refractivity contribution is 14.0. The monoisotopic (exact) mass is 474 g/mol. The SMILES string of the molecule is CCc1nc2n(n1)CC(NC(=NC)NCC(C)(O)c1ccco1)CC2.I. The molecule has 0 radical (unpaired) electrons. The second-order valence-corrected chi connectivity index (χ2v) is 6.54. The van der Waals surface area contributed by atoms with Crippen LogP contribution in [0, 0.1) is 0 Å². The van der Waals surface area contributed by atoms with Gasteiger partial charge in [0.15, 0.2) is 11.8 Å². The predicted octanol–water partition coefficient (Wildman–Crippen LogP) is 1.44. The molecule has 2 unspecified atom stereocenters. The van der Waals surface area contributed by atoms with Crippen molar-refractivity contribution in [1.29, 1.82) is 0 Å². The molecule has 2 aromatic heterocycles. The number of aryl methyl sites for hydroxylation is 2. The molecule has 1 aliphatic heterocycles. The molecule has 0 fully saturated rings. The molecular weight excluding hydrogens is 447 g/mol. The molecule has 3 heterocycles. The van der Waals surface area contributed by atoms with Crippen LogP contribution in [0.15, 0.2) is 27.8 Å². The van der Waals surface area contributed by atoms with Gasteiger partial charge in [-0.05, 0) is 25.5 Å². The Hall–Kier alpha value is -1.62. The summed E-state index contributed by atoms with van der Waals surface area (Å²) in [5.41, 5.74) is -1.11. The minimum atomic E-state index is -1.11. The molecule has 26 heavy (non-hydrogen) atoms. The maximum Gasteiger partial charge on any atom is 0.191 e. The number of nitrogens with one attached hydrogen (secondary N) is 2. The number of furan rings is 1. The third-order valence-electron chi connectivity index (χ3n) is 4.43. The fraction of sp³-hybridized carbons (Fsp3) is 0.588. The third-order valence-corrected chi connectivity index (χ3v) is 4.43. The molecule has 8 nitrogen and oxygen atoms in total. The summed E-state index contributed by atoms with van der Waals surface area (Å²) < 4.78 is 7.28. The number of aliphatic imine (C=N–C) groups is 1.